The van der Waals surface area contributed by atoms with Gasteiger partial charge in [0.2, 0.25) is 0 Å². The van der Waals surface area contributed by atoms with E-state index in [2.05, 4.69) is 0 Å². The Bertz CT molecular complexity index is 990. The second-order valence-corrected chi connectivity index (χ2v) is 8.87. The lowest BCUT2D eigenvalue weighted by atomic mass is 10.2. The highest BCUT2D eigenvalue weighted by Crippen LogP contribution is 2.18. The molecule has 13 nitrogen and oxygen atoms in total. The first-order valence-corrected chi connectivity index (χ1v) is 13.5. The zero-order chi connectivity index (χ0) is 29.7. The van der Waals surface area contributed by atoms with Crippen molar-refractivity contribution in [2.45, 2.75) is 51.4 Å². The van der Waals surface area contributed by atoms with Crippen molar-refractivity contribution in [2.75, 3.05) is 39.6 Å². The molecule has 0 saturated carbocycles. The summed E-state index contributed by atoms with van der Waals surface area (Å²) < 4.78 is 26.6. The van der Waals surface area contributed by atoms with E-state index in [4.69, 9.17) is 23.7 Å². The first kappa shape index (κ1) is 32.9. The van der Waals surface area contributed by atoms with Crippen LogP contribution < -0.4 is 9.47 Å². The molecule has 0 aliphatic rings. The summed E-state index contributed by atoms with van der Waals surface area (Å²) in [5.41, 5.74) is 0.0203. The van der Waals surface area contributed by atoms with Crippen LogP contribution in [0.5, 0.6) is 11.5 Å². The van der Waals surface area contributed by atoms with Gasteiger partial charge in [0.1, 0.15) is 24.7 Å². The molecule has 0 radical (unpaired) electrons. The molecule has 2 aromatic rings. The molecular formula is C28H36N2O11. The fourth-order valence-electron chi connectivity index (χ4n) is 3.48. The summed E-state index contributed by atoms with van der Waals surface area (Å²) in [5.74, 6) is 0.501. The van der Waals surface area contributed by atoms with E-state index < -0.39 is 9.85 Å². The maximum atomic E-state index is 11.8. The maximum absolute atomic E-state index is 11.8. The number of nitro benzene ring substituents is 2. The topological polar surface area (TPSA) is 167 Å². The van der Waals surface area contributed by atoms with Gasteiger partial charge in [0.15, 0.2) is 0 Å². The van der Waals surface area contributed by atoms with Crippen molar-refractivity contribution < 1.29 is 43.1 Å². The number of hydrogen-bond acceptors (Lipinski definition) is 11. The fourth-order valence-corrected chi connectivity index (χ4v) is 3.48. The van der Waals surface area contributed by atoms with E-state index in [0.29, 0.717) is 37.6 Å². The lowest BCUT2D eigenvalue weighted by molar-refractivity contribution is -0.385. The molecular weight excluding hydrogens is 540 g/mol. The van der Waals surface area contributed by atoms with Crippen molar-refractivity contribution in [1.82, 2.24) is 0 Å². The van der Waals surface area contributed by atoms with E-state index in [9.17, 15) is 29.8 Å². The average Bonchev–Trinajstić information content (AvgIpc) is 2.96. The number of ether oxygens (including phenoxy) is 5. The van der Waals surface area contributed by atoms with Crippen LogP contribution in [0.15, 0.2) is 48.5 Å². The highest BCUT2D eigenvalue weighted by molar-refractivity contribution is 5.69. The molecule has 0 aliphatic heterocycles. The van der Waals surface area contributed by atoms with Gasteiger partial charge in [-0.05, 0) is 62.8 Å². The Labute approximate surface area is 238 Å². The molecule has 2 rings (SSSR count). The molecule has 0 aliphatic carbocycles. The van der Waals surface area contributed by atoms with Gasteiger partial charge in [-0.1, -0.05) is 0 Å². The van der Waals surface area contributed by atoms with E-state index in [1.807, 2.05) is 0 Å². The normalized spacial score (nSPS) is 10.5. The minimum Gasteiger partial charge on any atom is -0.494 e. The number of carbonyl (C=O) groups is 2. The number of unbranched alkanes of at least 4 members (excludes halogenated alkanes) is 4. The molecule has 0 spiro atoms. The Kier molecular flexibility index (Phi) is 15.9. The second kappa shape index (κ2) is 19.7. The molecule has 0 saturated heterocycles. The smallest absolute Gasteiger partial charge is 0.305 e. The third-order valence-electron chi connectivity index (χ3n) is 5.66. The van der Waals surface area contributed by atoms with Crippen LogP contribution in [0.3, 0.4) is 0 Å². The fraction of sp³-hybridized carbons (Fsp3) is 0.500. The molecule has 0 fully saturated rings. The van der Waals surface area contributed by atoms with Crippen molar-refractivity contribution in [1.29, 1.82) is 0 Å². The molecule has 13 heteroatoms. The van der Waals surface area contributed by atoms with E-state index in [0.717, 1.165) is 25.7 Å². The van der Waals surface area contributed by atoms with Crippen LogP contribution in [-0.2, 0) is 23.8 Å². The summed E-state index contributed by atoms with van der Waals surface area (Å²) in [6, 6.07) is 11.8. The summed E-state index contributed by atoms with van der Waals surface area (Å²) >= 11 is 0. The second-order valence-electron chi connectivity index (χ2n) is 8.87. The monoisotopic (exact) mass is 576 g/mol. The predicted molar refractivity (Wildman–Crippen MR) is 147 cm³/mol. The predicted octanol–water partition coefficient (Wildman–Crippen LogP) is 5.18. The van der Waals surface area contributed by atoms with Crippen molar-refractivity contribution in [3.63, 3.8) is 0 Å². The minimum atomic E-state index is -0.467. The molecule has 0 amide bonds. The molecule has 0 aromatic heterocycles. The Balaban J connectivity index is 1.33. The number of carbonyl (C=O) groups excluding carboxylic acids is 2. The molecule has 0 atom stereocenters. The van der Waals surface area contributed by atoms with Crippen LogP contribution >= 0.6 is 0 Å². The van der Waals surface area contributed by atoms with Crippen LogP contribution in [0.25, 0.3) is 0 Å². The largest absolute Gasteiger partial charge is 0.494 e. The van der Waals surface area contributed by atoms with Gasteiger partial charge in [0, 0.05) is 37.1 Å². The SMILES string of the molecule is O=C(CCCCCOc1ccc([N+](=O)[O-])cc1)OCCOCCOC(=O)CCCCCOc1ccc([N+](=O)[O-])cc1. The van der Waals surface area contributed by atoms with E-state index in [1.165, 1.54) is 24.3 Å². The Morgan fingerprint density at radius 3 is 1.29 bits per heavy atom. The third kappa shape index (κ3) is 15.2. The van der Waals surface area contributed by atoms with Gasteiger partial charge in [-0.2, -0.15) is 0 Å². The number of nitro groups is 2. The van der Waals surface area contributed by atoms with Crippen molar-refractivity contribution >= 4 is 23.3 Å². The number of benzene rings is 2. The van der Waals surface area contributed by atoms with Gasteiger partial charge < -0.3 is 23.7 Å². The summed E-state index contributed by atoms with van der Waals surface area (Å²) in [6.07, 6.45) is 4.93. The number of rotatable bonds is 22. The van der Waals surface area contributed by atoms with Gasteiger partial charge >= 0.3 is 11.9 Å². The third-order valence-corrected chi connectivity index (χ3v) is 5.66. The van der Waals surface area contributed by atoms with Crippen molar-refractivity contribution in [3.8, 4) is 11.5 Å². The van der Waals surface area contributed by atoms with Crippen LogP contribution in [-0.4, -0.2) is 61.4 Å². The number of non-ortho nitro benzene ring substituents is 2. The summed E-state index contributed by atoms with van der Waals surface area (Å²) in [4.78, 5) is 43.9. The highest BCUT2D eigenvalue weighted by atomic mass is 16.6. The van der Waals surface area contributed by atoms with E-state index >= 15 is 0 Å². The van der Waals surface area contributed by atoms with Gasteiger partial charge in [-0.15, -0.1) is 0 Å². The van der Waals surface area contributed by atoms with Gasteiger partial charge in [-0.3, -0.25) is 29.8 Å². The zero-order valence-corrected chi connectivity index (χ0v) is 22.9. The molecule has 0 heterocycles. The lowest BCUT2D eigenvalue weighted by Crippen LogP contribution is -2.14. The maximum Gasteiger partial charge on any atom is 0.305 e. The van der Waals surface area contributed by atoms with E-state index in [1.54, 1.807) is 24.3 Å². The van der Waals surface area contributed by atoms with Crippen LogP contribution in [0.2, 0.25) is 0 Å². The molecule has 41 heavy (non-hydrogen) atoms. The zero-order valence-electron chi connectivity index (χ0n) is 22.9. The number of esters is 2. The molecule has 2 aromatic carbocycles. The van der Waals surface area contributed by atoms with Crippen LogP contribution in [0.1, 0.15) is 51.4 Å². The Hall–Kier alpha value is -4.26. The van der Waals surface area contributed by atoms with Crippen LogP contribution in [0.4, 0.5) is 11.4 Å². The van der Waals surface area contributed by atoms with Crippen molar-refractivity contribution in [3.05, 3.63) is 68.8 Å². The minimum absolute atomic E-state index is 0.0102. The Morgan fingerprint density at radius 2 is 0.927 bits per heavy atom. The number of hydrogen-bond donors (Lipinski definition) is 0. The van der Waals surface area contributed by atoms with E-state index in [-0.39, 0.29) is 62.6 Å². The summed E-state index contributed by atoms with van der Waals surface area (Å²) in [7, 11) is 0. The quantitative estimate of drug-likeness (QED) is 0.0783. The first-order chi connectivity index (χ1) is 19.8. The average molecular weight is 577 g/mol. The lowest BCUT2D eigenvalue weighted by Gasteiger charge is -2.08. The molecule has 0 unspecified atom stereocenters. The first-order valence-electron chi connectivity index (χ1n) is 13.5. The highest BCUT2D eigenvalue weighted by Gasteiger charge is 2.07. The summed E-state index contributed by atoms with van der Waals surface area (Å²) in [6.45, 7) is 1.57. The number of nitrogens with zero attached hydrogens (tertiary/aromatic N) is 2. The molecule has 0 N–H and O–H groups in total. The van der Waals surface area contributed by atoms with Crippen molar-refractivity contribution in [2.24, 2.45) is 0 Å². The Morgan fingerprint density at radius 1 is 0.537 bits per heavy atom. The van der Waals surface area contributed by atoms with Gasteiger partial charge in [0.05, 0.1) is 36.3 Å². The molecule has 224 valence electrons. The van der Waals surface area contributed by atoms with Gasteiger partial charge in [-0.25, -0.2) is 0 Å². The van der Waals surface area contributed by atoms with Gasteiger partial charge in [0.25, 0.3) is 11.4 Å². The summed E-state index contributed by atoms with van der Waals surface area (Å²) in [5, 5.41) is 21.3. The van der Waals surface area contributed by atoms with Crippen LogP contribution in [0, 0.1) is 20.2 Å². The molecule has 0 bridgehead atoms. The standard InChI is InChI=1S/C28H36N2O11/c31-27(7-3-1-5-17-38-25-13-9-23(10-14-25)29(33)34)40-21-19-37-20-22-41-28(32)8-4-2-6-18-39-26-15-11-24(12-16-26)30(35)36/h9-16H,1-8,17-22H2.